The van der Waals surface area contributed by atoms with Crippen LogP contribution in [0.3, 0.4) is 0 Å². The Morgan fingerprint density at radius 1 is 1.52 bits per heavy atom. The number of hydrogen-bond donors (Lipinski definition) is 2. The maximum atomic E-state index is 8.55. The van der Waals surface area contributed by atoms with E-state index in [-0.39, 0.29) is 0 Å². The van der Waals surface area contributed by atoms with E-state index in [0.717, 1.165) is 41.8 Å². The molecule has 0 saturated carbocycles. The molecule has 0 radical (unpaired) electrons. The Labute approximate surface area is 134 Å². The molecule has 0 aliphatic carbocycles. The molecule has 1 aromatic rings. The predicted molar refractivity (Wildman–Crippen MR) is 90.4 cm³/mol. The molecule has 8 heteroatoms. The maximum absolute atomic E-state index is 8.55. The second kappa shape index (κ2) is 10.4. The van der Waals surface area contributed by atoms with Gasteiger partial charge in [-0.05, 0) is 21.0 Å². The molecule has 1 aromatic heterocycles. The first kappa shape index (κ1) is 17.8. The van der Waals surface area contributed by atoms with Gasteiger partial charge in [-0.3, -0.25) is 0 Å². The van der Waals surface area contributed by atoms with Crippen LogP contribution in [0.4, 0.5) is 0 Å². The van der Waals surface area contributed by atoms with Crippen LogP contribution in [0.5, 0.6) is 0 Å². The number of hydrogen-bond acceptors (Lipinski definition) is 6. The molecule has 0 amide bonds. The lowest BCUT2D eigenvalue weighted by atomic mass is 10.5. The standard InChI is InChI=1S/C13H22N6S2/c1-4-15-13(17-10-14)16-5-6-20-8-11-9-21-12(18-11)7-19(2)3/h9H,4-8H2,1-3H3,(H2,15,16,17). The Morgan fingerprint density at radius 2 is 2.33 bits per heavy atom. The zero-order valence-electron chi connectivity index (χ0n) is 12.7. The van der Waals surface area contributed by atoms with Crippen molar-refractivity contribution < 1.29 is 0 Å². The molecule has 0 saturated heterocycles. The number of aliphatic imine (C=N–C) groups is 1. The number of nitrogens with zero attached hydrogens (tertiary/aromatic N) is 4. The summed E-state index contributed by atoms with van der Waals surface area (Å²) in [6, 6.07) is 0. The minimum absolute atomic E-state index is 0.544. The number of thioether (sulfide) groups is 1. The van der Waals surface area contributed by atoms with Gasteiger partial charge in [0.05, 0.1) is 5.69 Å². The van der Waals surface area contributed by atoms with Crippen molar-refractivity contribution in [1.82, 2.24) is 20.5 Å². The van der Waals surface area contributed by atoms with Gasteiger partial charge in [-0.15, -0.1) is 16.3 Å². The third-order valence-corrected chi connectivity index (χ3v) is 4.22. The SMILES string of the molecule is CCNC(=NC#N)NCCSCc1csc(CN(C)C)n1. The highest BCUT2D eigenvalue weighted by atomic mass is 32.2. The second-order valence-electron chi connectivity index (χ2n) is 4.54. The predicted octanol–water partition coefficient (Wildman–Crippen LogP) is 1.47. The highest BCUT2D eigenvalue weighted by Gasteiger charge is 2.03. The van der Waals surface area contributed by atoms with Crippen molar-refractivity contribution >= 4 is 29.1 Å². The van der Waals surface area contributed by atoms with Crippen LogP contribution >= 0.6 is 23.1 Å². The molecule has 2 N–H and O–H groups in total. The smallest absolute Gasteiger partial charge is 0.209 e. The molecule has 1 heterocycles. The van der Waals surface area contributed by atoms with Crippen molar-refractivity contribution in [2.24, 2.45) is 4.99 Å². The molecule has 21 heavy (non-hydrogen) atoms. The summed E-state index contributed by atoms with van der Waals surface area (Å²) in [5, 5.41) is 17.9. The van der Waals surface area contributed by atoms with Gasteiger partial charge < -0.3 is 15.5 Å². The number of thiazole rings is 1. The average Bonchev–Trinajstić information content (AvgIpc) is 2.85. The molecule has 0 bridgehead atoms. The Kier molecular flexibility index (Phi) is 8.82. The van der Waals surface area contributed by atoms with Crippen LogP contribution in [0.15, 0.2) is 10.4 Å². The zero-order valence-corrected chi connectivity index (χ0v) is 14.4. The van der Waals surface area contributed by atoms with Gasteiger partial charge >= 0.3 is 0 Å². The molecule has 0 atom stereocenters. The Hall–Kier alpha value is -1.30. The summed E-state index contributed by atoms with van der Waals surface area (Å²) in [6.07, 6.45) is 1.78. The minimum atomic E-state index is 0.544. The van der Waals surface area contributed by atoms with Crippen molar-refractivity contribution in [2.45, 2.75) is 19.2 Å². The van der Waals surface area contributed by atoms with Gasteiger partial charge in [0.2, 0.25) is 12.2 Å². The van der Waals surface area contributed by atoms with Gasteiger partial charge in [0, 0.05) is 36.5 Å². The summed E-state index contributed by atoms with van der Waals surface area (Å²) in [7, 11) is 4.10. The van der Waals surface area contributed by atoms with Gasteiger partial charge in [-0.25, -0.2) is 4.98 Å². The lowest BCUT2D eigenvalue weighted by Crippen LogP contribution is -2.38. The molecule has 0 fully saturated rings. The third-order valence-electron chi connectivity index (χ3n) is 2.35. The van der Waals surface area contributed by atoms with E-state index < -0.39 is 0 Å². The van der Waals surface area contributed by atoms with Crippen molar-refractivity contribution in [3.63, 3.8) is 0 Å². The lowest BCUT2D eigenvalue weighted by molar-refractivity contribution is 0.401. The molecular formula is C13H22N6S2. The first-order chi connectivity index (χ1) is 10.2. The zero-order chi connectivity index (χ0) is 15.5. The molecule has 0 aliphatic rings. The molecular weight excluding hydrogens is 304 g/mol. The van der Waals surface area contributed by atoms with Crippen LogP contribution in [-0.2, 0) is 12.3 Å². The van der Waals surface area contributed by atoms with Crippen LogP contribution in [0.2, 0.25) is 0 Å². The summed E-state index contributed by atoms with van der Waals surface area (Å²) < 4.78 is 0. The van der Waals surface area contributed by atoms with Crippen molar-refractivity contribution in [3.8, 4) is 6.19 Å². The van der Waals surface area contributed by atoms with Crippen molar-refractivity contribution in [2.75, 3.05) is 32.9 Å². The van der Waals surface area contributed by atoms with E-state index in [1.807, 2.05) is 32.8 Å². The first-order valence-corrected chi connectivity index (χ1v) is 8.79. The molecule has 116 valence electrons. The van der Waals surface area contributed by atoms with Gasteiger partial charge in [-0.1, -0.05) is 0 Å². The van der Waals surface area contributed by atoms with Crippen molar-refractivity contribution in [3.05, 3.63) is 16.1 Å². The quantitative estimate of drug-likeness (QED) is 0.326. The van der Waals surface area contributed by atoms with E-state index in [4.69, 9.17) is 5.26 Å². The number of nitrogens with one attached hydrogen (secondary N) is 2. The summed E-state index contributed by atoms with van der Waals surface area (Å²) in [6.45, 7) is 4.38. The summed E-state index contributed by atoms with van der Waals surface area (Å²) in [5.41, 5.74) is 1.14. The van der Waals surface area contributed by atoms with Crippen molar-refractivity contribution in [1.29, 1.82) is 5.26 Å². The van der Waals surface area contributed by atoms with E-state index in [9.17, 15) is 0 Å². The van der Waals surface area contributed by atoms with Crippen LogP contribution in [0, 0.1) is 11.5 Å². The number of rotatable bonds is 8. The Morgan fingerprint density at radius 3 is 3.00 bits per heavy atom. The molecule has 1 rings (SSSR count). The van der Waals surface area contributed by atoms with E-state index >= 15 is 0 Å². The molecule has 0 unspecified atom stereocenters. The summed E-state index contributed by atoms with van der Waals surface area (Å²) in [4.78, 5) is 10.4. The van der Waals surface area contributed by atoms with Gasteiger partial charge in [0.25, 0.3) is 0 Å². The highest BCUT2D eigenvalue weighted by molar-refractivity contribution is 7.98. The van der Waals surface area contributed by atoms with Crippen LogP contribution in [0.25, 0.3) is 0 Å². The van der Waals surface area contributed by atoms with Crippen LogP contribution < -0.4 is 10.6 Å². The fourth-order valence-electron chi connectivity index (χ4n) is 1.54. The third kappa shape index (κ3) is 7.90. The first-order valence-electron chi connectivity index (χ1n) is 6.76. The normalized spacial score (nSPS) is 11.5. The summed E-state index contributed by atoms with van der Waals surface area (Å²) in [5.74, 6) is 2.40. The second-order valence-corrected chi connectivity index (χ2v) is 6.59. The Bertz CT molecular complexity index is 477. The topological polar surface area (TPSA) is 76.3 Å². The molecule has 0 spiro atoms. The van der Waals surface area contributed by atoms with Crippen LogP contribution in [-0.4, -0.2) is 48.8 Å². The Balaban J connectivity index is 2.20. The number of guanidine groups is 1. The van der Waals surface area contributed by atoms with E-state index in [0.29, 0.717) is 5.96 Å². The van der Waals surface area contributed by atoms with Gasteiger partial charge in [0.1, 0.15) is 5.01 Å². The van der Waals surface area contributed by atoms with E-state index in [1.54, 1.807) is 17.5 Å². The monoisotopic (exact) mass is 326 g/mol. The fourth-order valence-corrected chi connectivity index (χ4v) is 3.30. The molecule has 0 aromatic carbocycles. The summed E-state index contributed by atoms with van der Waals surface area (Å²) >= 11 is 3.53. The maximum Gasteiger partial charge on any atom is 0.209 e. The van der Waals surface area contributed by atoms with Gasteiger partial charge in [-0.2, -0.15) is 17.0 Å². The minimum Gasteiger partial charge on any atom is -0.356 e. The lowest BCUT2D eigenvalue weighted by Gasteiger charge is -2.08. The van der Waals surface area contributed by atoms with E-state index in [1.165, 1.54) is 0 Å². The fraction of sp³-hybridized carbons (Fsp3) is 0.615. The van der Waals surface area contributed by atoms with E-state index in [2.05, 4.69) is 30.9 Å². The average molecular weight is 326 g/mol. The number of aromatic nitrogens is 1. The largest absolute Gasteiger partial charge is 0.356 e. The molecule has 0 aliphatic heterocycles. The molecule has 6 nitrogen and oxygen atoms in total. The van der Waals surface area contributed by atoms with Crippen LogP contribution in [0.1, 0.15) is 17.6 Å². The highest BCUT2D eigenvalue weighted by Crippen LogP contribution is 2.16. The number of nitriles is 1. The van der Waals surface area contributed by atoms with Gasteiger partial charge in [0.15, 0.2) is 0 Å².